The number of nitrogens with one attached hydrogen (secondary N) is 2. The van der Waals surface area contributed by atoms with Gasteiger partial charge in [-0.15, -0.1) is 0 Å². The van der Waals surface area contributed by atoms with E-state index in [-0.39, 0.29) is 17.4 Å². The highest BCUT2D eigenvalue weighted by atomic mass is 19.1. The summed E-state index contributed by atoms with van der Waals surface area (Å²) in [5.41, 5.74) is 8.14. The van der Waals surface area contributed by atoms with E-state index in [9.17, 15) is 14.5 Å². The molecule has 0 aliphatic rings. The number of nitrogens with two attached hydrogens (primary N) is 1. The number of benzene rings is 3. The molecule has 5 rings (SSSR count). The van der Waals surface area contributed by atoms with Crippen molar-refractivity contribution in [3.05, 3.63) is 88.9 Å². The molecule has 0 saturated carbocycles. The first-order valence-corrected chi connectivity index (χ1v) is 10.0. The highest BCUT2D eigenvalue weighted by molar-refractivity contribution is 5.79. The van der Waals surface area contributed by atoms with Gasteiger partial charge in [0.05, 0.1) is 22.3 Å². The zero-order valence-electron chi connectivity index (χ0n) is 17.4. The molecule has 4 N–H and O–H groups in total. The Bertz CT molecular complexity index is 1520. The predicted molar refractivity (Wildman–Crippen MR) is 124 cm³/mol. The van der Waals surface area contributed by atoms with Gasteiger partial charge in [0.2, 0.25) is 5.95 Å². The Balaban J connectivity index is 1.35. The van der Waals surface area contributed by atoms with E-state index in [0.717, 1.165) is 10.9 Å². The van der Waals surface area contributed by atoms with Gasteiger partial charge >= 0.3 is 0 Å². The molecular weight excluding hydrogens is 441 g/mol. The molecule has 3 aromatic carbocycles. The van der Waals surface area contributed by atoms with Crippen molar-refractivity contribution in [2.24, 2.45) is 0 Å². The summed E-state index contributed by atoms with van der Waals surface area (Å²) in [6, 6.07) is 17.2. The van der Waals surface area contributed by atoms with Crippen LogP contribution in [-0.4, -0.2) is 25.1 Å². The first-order valence-electron chi connectivity index (χ1n) is 10.0. The van der Waals surface area contributed by atoms with Crippen molar-refractivity contribution in [2.75, 3.05) is 11.1 Å². The maximum atomic E-state index is 14.7. The normalized spacial score (nSPS) is 10.9. The second kappa shape index (κ2) is 8.47. The average molecular weight is 457 g/mol. The molecule has 0 saturated heterocycles. The van der Waals surface area contributed by atoms with Crippen molar-refractivity contribution < 1.29 is 14.1 Å². The van der Waals surface area contributed by atoms with Crippen LogP contribution in [0.25, 0.3) is 22.2 Å². The van der Waals surface area contributed by atoms with E-state index in [0.29, 0.717) is 28.5 Å². The van der Waals surface area contributed by atoms with Crippen LogP contribution in [0.5, 0.6) is 11.5 Å². The number of nitrogen functional groups attached to an aromatic ring is 1. The third kappa shape index (κ3) is 4.30. The minimum atomic E-state index is -0.574. The lowest BCUT2D eigenvalue weighted by Crippen LogP contribution is -2.02. The number of nitro groups is 1. The molecule has 0 bridgehead atoms. The van der Waals surface area contributed by atoms with Crippen molar-refractivity contribution in [3.8, 4) is 22.8 Å². The SMILES string of the molecule is Nc1nc(Nc2ccc(Oc3ccc4[nH]ncc4c3)c(F)c2)cc(-c2ccc([N+](=O)[O-])cc2)n1. The smallest absolute Gasteiger partial charge is 0.269 e. The molecule has 0 aliphatic heterocycles. The van der Waals surface area contributed by atoms with Crippen molar-refractivity contribution in [1.82, 2.24) is 20.2 Å². The maximum absolute atomic E-state index is 14.7. The van der Waals surface area contributed by atoms with Crippen LogP contribution in [0, 0.1) is 15.9 Å². The van der Waals surface area contributed by atoms with E-state index < -0.39 is 10.7 Å². The van der Waals surface area contributed by atoms with Gasteiger partial charge in [-0.05, 0) is 42.5 Å². The number of fused-ring (bicyclic) bond motifs is 1. The summed E-state index contributed by atoms with van der Waals surface area (Å²) in [6.45, 7) is 0. The van der Waals surface area contributed by atoms with Gasteiger partial charge in [0.1, 0.15) is 11.6 Å². The van der Waals surface area contributed by atoms with Crippen molar-refractivity contribution in [3.63, 3.8) is 0 Å². The maximum Gasteiger partial charge on any atom is 0.269 e. The second-order valence-corrected chi connectivity index (χ2v) is 7.29. The minimum Gasteiger partial charge on any atom is -0.454 e. The fraction of sp³-hybridized carbons (Fsp3) is 0. The highest BCUT2D eigenvalue weighted by Crippen LogP contribution is 2.30. The quantitative estimate of drug-likeness (QED) is 0.233. The van der Waals surface area contributed by atoms with Gasteiger partial charge in [-0.1, -0.05) is 0 Å². The standard InChI is InChI=1S/C23H16FN7O3/c24-18-10-15(3-8-21(18)34-17-6-7-19-14(9-17)12-26-30-19)27-22-11-20(28-23(25)29-22)13-1-4-16(5-2-13)31(32)33/h1-12H,(H,26,30)(H3,25,27,28,29). The Kier molecular flexibility index (Phi) is 5.18. The third-order valence-corrected chi connectivity index (χ3v) is 4.96. The summed E-state index contributed by atoms with van der Waals surface area (Å²) in [5, 5.41) is 21.5. The number of nitro benzene ring substituents is 1. The molecule has 0 radical (unpaired) electrons. The van der Waals surface area contributed by atoms with E-state index in [2.05, 4.69) is 25.5 Å². The zero-order valence-corrected chi connectivity index (χ0v) is 17.4. The molecular formula is C23H16FN7O3. The Hall–Kier alpha value is -5.06. The van der Waals surface area contributed by atoms with Crippen LogP contribution in [0.15, 0.2) is 72.9 Å². The van der Waals surface area contributed by atoms with Crippen LogP contribution in [0.3, 0.4) is 0 Å². The van der Waals surface area contributed by atoms with Crippen molar-refractivity contribution in [2.45, 2.75) is 0 Å². The minimum absolute atomic E-state index is 0.00610. The number of H-pyrrole nitrogens is 1. The number of nitrogens with zero attached hydrogens (tertiary/aromatic N) is 4. The Morgan fingerprint density at radius 1 is 1.03 bits per heavy atom. The van der Waals surface area contributed by atoms with Gasteiger partial charge in [0.25, 0.3) is 5.69 Å². The van der Waals surface area contributed by atoms with E-state index in [1.807, 2.05) is 0 Å². The summed E-state index contributed by atoms with van der Waals surface area (Å²) >= 11 is 0. The molecule has 0 unspecified atom stereocenters. The van der Waals surface area contributed by atoms with Gasteiger partial charge in [0.15, 0.2) is 11.6 Å². The van der Waals surface area contributed by atoms with Crippen LogP contribution in [0.4, 0.5) is 27.5 Å². The number of halogens is 1. The van der Waals surface area contributed by atoms with Crippen LogP contribution in [0.1, 0.15) is 0 Å². The molecule has 34 heavy (non-hydrogen) atoms. The molecule has 0 amide bonds. The molecule has 10 nitrogen and oxygen atoms in total. The first-order chi connectivity index (χ1) is 16.4. The predicted octanol–water partition coefficient (Wildman–Crippen LogP) is 5.19. The summed E-state index contributed by atoms with van der Waals surface area (Å²) in [7, 11) is 0. The summed E-state index contributed by atoms with van der Waals surface area (Å²) < 4.78 is 20.4. The lowest BCUT2D eigenvalue weighted by atomic mass is 10.1. The number of aromatic amines is 1. The van der Waals surface area contributed by atoms with Crippen LogP contribution < -0.4 is 15.8 Å². The molecule has 0 fully saturated rings. The second-order valence-electron chi connectivity index (χ2n) is 7.29. The number of hydrogen-bond acceptors (Lipinski definition) is 8. The van der Waals surface area contributed by atoms with E-state index in [4.69, 9.17) is 10.5 Å². The highest BCUT2D eigenvalue weighted by Gasteiger charge is 2.11. The van der Waals surface area contributed by atoms with Crippen molar-refractivity contribution in [1.29, 1.82) is 0 Å². The van der Waals surface area contributed by atoms with E-state index >= 15 is 0 Å². The fourth-order valence-corrected chi connectivity index (χ4v) is 3.35. The lowest BCUT2D eigenvalue weighted by molar-refractivity contribution is -0.384. The van der Waals surface area contributed by atoms with Crippen LogP contribution in [0.2, 0.25) is 0 Å². The van der Waals surface area contributed by atoms with Crippen LogP contribution >= 0.6 is 0 Å². The Morgan fingerprint density at radius 2 is 1.85 bits per heavy atom. The molecule has 11 heteroatoms. The number of hydrogen-bond donors (Lipinski definition) is 3. The molecule has 5 aromatic rings. The topological polar surface area (TPSA) is 145 Å². The Morgan fingerprint density at radius 3 is 2.62 bits per heavy atom. The average Bonchev–Trinajstić information content (AvgIpc) is 3.28. The van der Waals surface area contributed by atoms with Crippen LogP contribution in [-0.2, 0) is 0 Å². The lowest BCUT2D eigenvalue weighted by Gasteiger charge is -2.11. The van der Waals surface area contributed by atoms with Gasteiger partial charge in [0, 0.05) is 40.9 Å². The van der Waals surface area contributed by atoms with Gasteiger partial charge < -0.3 is 15.8 Å². The Labute approximate surface area is 191 Å². The molecule has 2 heterocycles. The number of non-ortho nitro benzene ring substituents is 1. The molecule has 168 valence electrons. The van der Waals surface area contributed by atoms with Gasteiger partial charge in [-0.25, -0.2) is 9.37 Å². The number of aromatic nitrogens is 4. The number of ether oxygens (including phenoxy) is 1. The zero-order chi connectivity index (χ0) is 23.7. The molecule has 0 atom stereocenters. The summed E-state index contributed by atoms with van der Waals surface area (Å²) in [5.74, 6) is 0.287. The van der Waals surface area contributed by atoms with E-state index in [1.165, 1.54) is 24.3 Å². The van der Waals surface area contributed by atoms with Gasteiger partial charge in [-0.2, -0.15) is 10.1 Å². The molecule has 0 spiro atoms. The van der Waals surface area contributed by atoms with Gasteiger partial charge in [-0.3, -0.25) is 15.2 Å². The molecule has 2 aromatic heterocycles. The fourth-order valence-electron chi connectivity index (χ4n) is 3.35. The van der Waals surface area contributed by atoms with E-state index in [1.54, 1.807) is 48.7 Å². The van der Waals surface area contributed by atoms with Crippen molar-refractivity contribution >= 4 is 34.0 Å². The molecule has 0 aliphatic carbocycles. The number of anilines is 3. The first kappa shape index (κ1) is 20.8. The third-order valence-electron chi connectivity index (χ3n) is 4.96. The summed E-state index contributed by atoms with van der Waals surface area (Å²) in [4.78, 5) is 18.7. The largest absolute Gasteiger partial charge is 0.454 e. The monoisotopic (exact) mass is 457 g/mol. The summed E-state index contributed by atoms with van der Waals surface area (Å²) in [6.07, 6.45) is 1.66. The number of rotatable bonds is 6.